The number of sulfonamides is 1. The predicted octanol–water partition coefficient (Wildman–Crippen LogP) is 4.14. The lowest BCUT2D eigenvalue weighted by Gasteiger charge is -2.19. The molecular weight excluding hydrogens is 466 g/mol. The summed E-state index contributed by atoms with van der Waals surface area (Å²) in [5.74, 6) is 1.52. The standard InChI is InChI=1S/C22H21N3O6S2/c1-13-21(23-22(26)14-2-3-14)18(31-24-13)8-5-16-6-9-20(32-16)33(27,28)25-15-4-7-17-19(12-15)30-11-10-29-17/h4-9,12,14,25H,2-3,10-11H2,1H3,(H,23,26). The highest BCUT2D eigenvalue weighted by Gasteiger charge is 2.31. The summed E-state index contributed by atoms with van der Waals surface area (Å²) in [4.78, 5) is 12.8. The molecule has 172 valence electrons. The number of ether oxygens (including phenoxy) is 2. The van der Waals surface area contributed by atoms with Crippen LogP contribution in [0.4, 0.5) is 11.4 Å². The Kier molecular flexibility index (Phi) is 5.59. The minimum atomic E-state index is -3.78. The molecule has 1 aliphatic carbocycles. The molecule has 1 saturated carbocycles. The van der Waals surface area contributed by atoms with E-state index in [0.717, 1.165) is 24.2 Å². The Morgan fingerprint density at radius 1 is 1.12 bits per heavy atom. The molecule has 5 rings (SSSR count). The number of hydrogen-bond donors (Lipinski definition) is 2. The van der Waals surface area contributed by atoms with Crippen molar-refractivity contribution in [2.75, 3.05) is 23.3 Å². The molecule has 0 bridgehead atoms. The molecule has 0 unspecified atom stereocenters. The second kappa shape index (κ2) is 8.56. The number of benzene rings is 1. The van der Waals surface area contributed by atoms with E-state index in [2.05, 4.69) is 15.2 Å². The Labute approximate surface area is 194 Å². The molecular formula is C22H21N3O6S2. The van der Waals surface area contributed by atoms with Crippen molar-refractivity contribution in [3.05, 3.63) is 46.7 Å². The first kappa shape index (κ1) is 21.5. The fourth-order valence-electron chi connectivity index (χ4n) is 3.26. The summed E-state index contributed by atoms with van der Waals surface area (Å²) in [6.07, 6.45) is 5.18. The minimum Gasteiger partial charge on any atom is -0.486 e. The van der Waals surface area contributed by atoms with Crippen molar-refractivity contribution in [2.45, 2.75) is 24.0 Å². The molecule has 1 aliphatic heterocycles. The van der Waals surface area contributed by atoms with E-state index in [9.17, 15) is 13.2 Å². The van der Waals surface area contributed by atoms with Crippen LogP contribution in [0.5, 0.6) is 11.5 Å². The molecule has 3 aromatic rings. The van der Waals surface area contributed by atoms with Gasteiger partial charge in [0.1, 0.15) is 28.8 Å². The van der Waals surface area contributed by atoms with Crippen LogP contribution in [-0.4, -0.2) is 32.7 Å². The lowest BCUT2D eigenvalue weighted by molar-refractivity contribution is -0.117. The summed E-state index contributed by atoms with van der Waals surface area (Å²) >= 11 is 1.11. The molecule has 33 heavy (non-hydrogen) atoms. The van der Waals surface area contributed by atoms with Gasteiger partial charge in [-0.05, 0) is 56.2 Å². The van der Waals surface area contributed by atoms with Gasteiger partial charge in [0, 0.05) is 16.9 Å². The molecule has 3 heterocycles. The number of fused-ring (bicyclic) bond motifs is 1. The van der Waals surface area contributed by atoms with Gasteiger partial charge in [-0.3, -0.25) is 9.52 Å². The largest absolute Gasteiger partial charge is 0.486 e. The van der Waals surface area contributed by atoms with Crippen molar-refractivity contribution in [2.24, 2.45) is 5.92 Å². The topological polar surface area (TPSA) is 120 Å². The summed E-state index contributed by atoms with van der Waals surface area (Å²) in [5.41, 5.74) is 1.51. The van der Waals surface area contributed by atoms with Crippen molar-refractivity contribution in [1.29, 1.82) is 0 Å². The molecule has 0 saturated heterocycles. The van der Waals surface area contributed by atoms with E-state index in [-0.39, 0.29) is 16.0 Å². The highest BCUT2D eigenvalue weighted by molar-refractivity contribution is 7.94. The number of thiophene rings is 1. The van der Waals surface area contributed by atoms with E-state index < -0.39 is 10.0 Å². The minimum absolute atomic E-state index is 0.0364. The smallest absolute Gasteiger partial charge is 0.271 e. The molecule has 1 fully saturated rings. The summed E-state index contributed by atoms with van der Waals surface area (Å²) in [6, 6.07) is 8.14. The third-order valence-corrected chi connectivity index (χ3v) is 8.07. The van der Waals surface area contributed by atoms with Crippen molar-refractivity contribution >= 4 is 50.8 Å². The summed E-state index contributed by atoms with van der Waals surface area (Å²) < 4.78 is 44.7. The molecule has 2 aromatic heterocycles. The van der Waals surface area contributed by atoms with Crippen molar-refractivity contribution in [3.8, 4) is 11.5 Å². The molecule has 11 heteroatoms. The fraction of sp³-hybridized carbons (Fsp3) is 0.273. The van der Waals surface area contributed by atoms with E-state index in [0.29, 0.717) is 52.4 Å². The first-order valence-electron chi connectivity index (χ1n) is 10.4. The lowest BCUT2D eigenvalue weighted by atomic mass is 10.2. The van der Waals surface area contributed by atoms with Crippen LogP contribution in [0.3, 0.4) is 0 Å². The average molecular weight is 488 g/mol. The van der Waals surface area contributed by atoms with Crippen molar-refractivity contribution in [3.63, 3.8) is 0 Å². The number of carbonyl (C=O) groups is 1. The molecule has 9 nitrogen and oxygen atoms in total. The highest BCUT2D eigenvalue weighted by atomic mass is 32.2. The Bertz CT molecular complexity index is 1340. The maximum Gasteiger partial charge on any atom is 0.271 e. The number of anilines is 2. The zero-order chi connectivity index (χ0) is 23.0. The number of nitrogens with one attached hydrogen (secondary N) is 2. The van der Waals surface area contributed by atoms with Crippen LogP contribution in [0.15, 0.2) is 39.1 Å². The van der Waals surface area contributed by atoms with Crippen LogP contribution in [0, 0.1) is 12.8 Å². The van der Waals surface area contributed by atoms with Crippen LogP contribution in [0.25, 0.3) is 12.2 Å². The van der Waals surface area contributed by atoms with Crippen molar-refractivity contribution in [1.82, 2.24) is 5.16 Å². The number of hydrogen-bond acceptors (Lipinski definition) is 8. The summed E-state index contributed by atoms with van der Waals surface area (Å²) in [5, 5.41) is 6.79. The molecule has 0 radical (unpaired) electrons. The van der Waals surface area contributed by atoms with Gasteiger partial charge in [-0.25, -0.2) is 8.42 Å². The number of nitrogens with zero attached hydrogens (tertiary/aromatic N) is 1. The monoisotopic (exact) mass is 487 g/mol. The SMILES string of the molecule is Cc1noc(C=Cc2ccc(S(=O)(=O)Nc3ccc4c(c3)OCCO4)s2)c1NC(=O)C1CC1. The highest BCUT2D eigenvalue weighted by Crippen LogP contribution is 2.35. The van der Waals surface area contributed by atoms with E-state index in [1.807, 2.05) is 0 Å². The predicted molar refractivity (Wildman–Crippen MR) is 124 cm³/mol. The van der Waals surface area contributed by atoms with Crippen LogP contribution in [0.2, 0.25) is 0 Å². The van der Waals surface area contributed by atoms with Gasteiger partial charge in [0.05, 0.1) is 5.69 Å². The van der Waals surface area contributed by atoms with Gasteiger partial charge in [0.2, 0.25) is 5.91 Å². The van der Waals surface area contributed by atoms with Gasteiger partial charge in [0.25, 0.3) is 10.0 Å². The van der Waals surface area contributed by atoms with Crippen LogP contribution in [-0.2, 0) is 14.8 Å². The van der Waals surface area contributed by atoms with Crippen LogP contribution in [0.1, 0.15) is 29.2 Å². The Hall–Kier alpha value is -3.31. The zero-order valence-electron chi connectivity index (χ0n) is 17.7. The molecule has 0 atom stereocenters. The molecule has 1 aromatic carbocycles. The van der Waals surface area contributed by atoms with E-state index in [4.69, 9.17) is 14.0 Å². The Morgan fingerprint density at radius 2 is 1.91 bits per heavy atom. The quantitative estimate of drug-likeness (QED) is 0.514. The van der Waals surface area contributed by atoms with Gasteiger partial charge in [-0.15, -0.1) is 11.3 Å². The maximum absolute atomic E-state index is 12.8. The first-order chi connectivity index (χ1) is 15.9. The number of aryl methyl sites for hydroxylation is 1. The second-order valence-electron chi connectivity index (χ2n) is 7.72. The van der Waals surface area contributed by atoms with E-state index >= 15 is 0 Å². The van der Waals surface area contributed by atoms with Gasteiger partial charge in [-0.2, -0.15) is 0 Å². The zero-order valence-corrected chi connectivity index (χ0v) is 19.3. The molecule has 0 spiro atoms. The third kappa shape index (κ3) is 4.74. The lowest BCUT2D eigenvalue weighted by Crippen LogP contribution is -2.16. The number of amides is 1. The van der Waals surface area contributed by atoms with E-state index in [1.165, 1.54) is 6.07 Å². The molecule has 2 N–H and O–H groups in total. The van der Waals surface area contributed by atoms with Gasteiger partial charge >= 0.3 is 0 Å². The fourth-order valence-corrected chi connectivity index (χ4v) is 5.54. The van der Waals surface area contributed by atoms with E-state index in [1.54, 1.807) is 43.3 Å². The molecule has 2 aliphatic rings. The van der Waals surface area contributed by atoms with Crippen molar-refractivity contribution < 1.29 is 27.2 Å². The number of aromatic nitrogens is 1. The second-order valence-corrected chi connectivity index (χ2v) is 10.7. The normalized spacial score (nSPS) is 15.5. The Balaban J connectivity index is 1.30. The first-order valence-corrected chi connectivity index (χ1v) is 12.7. The van der Waals surface area contributed by atoms with Crippen LogP contribution < -0.4 is 19.5 Å². The van der Waals surface area contributed by atoms with Crippen LogP contribution >= 0.6 is 11.3 Å². The van der Waals surface area contributed by atoms with Gasteiger partial charge in [0.15, 0.2) is 17.3 Å². The number of carbonyl (C=O) groups excluding carboxylic acids is 1. The molecule has 1 amide bonds. The number of rotatable bonds is 7. The maximum atomic E-state index is 12.8. The Morgan fingerprint density at radius 3 is 2.70 bits per heavy atom. The third-order valence-electron chi connectivity index (χ3n) is 5.15. The summed E-state index contributed by atoms with van der Waals surface area (Å²) in [7, 11) is -3.78. The average Bonchev–Trinajstić information content (AvgIpc) is 3.44. The van der Waals surface area contributed by atoms with Gasteiger partial charge in [-0.1, -0.05) is 5.16 Å². The van der Waals surface area contributed by atoms with Gasteiger partial charge < -0.3 is 19.3 Å². The summed E-state index contributed by atoms with van der Waals surface area (Å²) in [6.45, 7) is 2.63.